The molecule has 0 amide bonds. The van der Waals surface area contributed by atoms with Crippen LogP contribution in [0.3, 0.4) is 0 Å². The third kappa shape index (κ3) is 1.26. The lowest BCUT2D eigenvalue weighted by Crippen LogP contribution is -2.49. The molecule has 0 N–H and O–H groups in total. The Hall–Kier alpha value is -0.520. The second kappa shape index (κ2) is 3.68. The van der Waals surface area contributed by atoms with Gasteiger partial charge in [-0.25, -0.2) is 0 Å². The van der Waals surface area contributed by atoms with E-state index in [0.717, 1.165) is 47.3 Å². The first-order valence-corrected chi connectivity index (χ1v) is 10.2. The Labute approximate surface area is 141 Å². The fourth-order valence-corrected chi connectivity index (χ4v) is 10.3. The van der Waals surface area contributed by atoms with E-state index in [1.807, 2.05) is 0 Å². The van der Waals surface area contributed by atoms with Crippen LogP contribution < -0.4 is 0 Å². The molecule has 6 bridgehead atoms. The van der Waals surface area contributed by atoms with Crippen LogP contribution in [0.15, 0.2) is 24.3 Å². The van der Waals surface area contributed by atoms with Crippen molar-refractivity contribution in [1.82, 2.24) is 0 Å². The van der Waals surface area contributed by atoms with E-state index in [-0.39, 0.29) is 0 Å². The summed E-state index contributed by atoms with van der Waals surface area (Å²) in [7, 11) is 0. The predicted octanol–water partition coefficient (Wildman–Crippen LogP) is 5.71. The molecule has 0 heterocycles. The number of hydrogen-bond donors (Lipinski definition) is 0. The van der Waals surface area contributed by atoms with Crippen molar-refractivity contribution in [2.45, 2.75) is 53.4 Å². The summed E-state index contributed by atoms with van der Waals surface area (Å²) in [6.45, 7) is 10.2. The Bertz CT molecular complexity index is 642. The zero-order valence-electron chi connectivity index (χ0n) is 15.3. The van der Waals surface area contributed by atoms with Gasteiger partial charge in [0.25, 0.3) is 0 Å². The summed E-state index contributed by atoms with van der Waals surface area (Å²) >= 11 is 0. The lowest BCUT2D eigenvalue weighted by atomic mass is 9.51. The Morgan fingerprint density at radius 1 is 0.870 bits per heavy atom. The highest BCUT2D eigenvalue weighted by atomic mass is 14.8. The van der Waals surface area contributed by atoms with E-state index in [9.17, 15) is 0 Å². The van der Waals surface area contributed by atoms with Crippen molar-refractivity contribution in [2.75, 3.05) is 0 Å². The lowest BCUT2D eigenvalue weighted by molar-refractivity contribution is -0.0461. The van der Waals surface area contributed by atoms with Crippen molar-refractivity contribution in [2.24, 2.45) is 63.6 Å². The van der Waals surface area contributed by atoms with Crippen LogP contribution in [0.4, 0.5) is 0 Å². The average Bonchev–Trinajstić information content (AvgIpc) is 3.23. The maximum absolute atomic E-state index is 2.74. The molecule has 6 rings (SSSR count). The Morgan fingerprint density at radius 3 is 2.48 bits per heavy atom. The highest BCUT2D eigenvalue weighted by Gasteiger charge is 2.78. The Morgan fingerprint density at radius 2 is 1.70 bits per heavy atom. The molecule has 0 aromatic carbocycles. The van der Waals surface area contributed by atoms with Crippen LogP contribution >= 0.6 is 0 Å². The maximum atomic E-state index is 2.74. The molecule has 0 radical (unpaired) electrons. The first-order valence-electron chi connectivity index (χ1n) is 10.2. The van der Waals surface area contributed by atoms with Gasteiger partial charge in [0.05, 0.1) is 0 Å². The van der Waals surface area contributed by atoms with Gasteiger partial charge < -0.3 is 0 Å². The molecule has 0 heteroatoms. The van der Waals surface area contributed by atoms with Gasteiger partial charge in [-0.2, -0.15) is 0 Å². The summed E-state index contributed by atoms with van der Waals surface area (Å²) in [6, 6.07) is 0. The van der Waals surface area contributed by atoms with E-state index in [1.165, 1.54) is 19.3 Å². The number of rotatable bonds is 1. The van der Waals surface area contributed by atoms with Gasteiger partial charge >= 0.3 is 0 Å². The van der Waals surface area contributed by atoms with Gasteiger partial charge in [0.2, 0.25) is 0 Å². The Balaban J connectivity index is 1.48. The summed E-state index contributed by atoms with van der Waals surface area (Å²) in [5.74, 6) is 8.04. The van der Waals surface area contributed by atoms with Crippen molar-refractivity contribution in [3.05, 3.63) is 24.3 Å². The fourth-order valence-electron chi connectivity index (χ4n) is 10.3. The van der Waals surface area contributed by atoms with Gasteiger partial charge in [-0.05, 0) is 96.2 Å². The topological polar surface area (TPSA) is 0 Å². The molecular weight excluding hydrogens is 276 g/mol. The smallest absolute Gasteiger partial charge is 0.0107 e. The molecule has 6 aliphatic carbocycles. The molecule has 11 unspecified atom stereocenters. The highest BCUT2D eigenvalue weighted by molar-refractivity contribution is 5.33. The van der Waals surface area contributed by atoms with E-state index in [0.29, 0.717) is 16.2 Å². The van der Waals surface area contributed by atoms with Gasteiger partial charge in [-0.15, -0.1) is 0 Å². The van der Waals surface area contributed by atoms with Crippen LogP contribution in [0.2, 0.25) is 0 Å². The molecule has 6 aliphatic rings. The minimum atomic E-state index is 0.559. The SMILES string of the molecule is CC=CC1CC2(C)CC1C1C2C2CC1(C)C1C3C=CC(C)(C3)C21. The van der Waals surface area contributed by atoms with E-state index < -0.39 is 0 Å². The minimum Gasteiger partial charge on any atom is -0.0914 e. The summed E-state index contributed by atoms with van der Waals surface area (Å²) in [5.41, 5.74) is 1.88. The third-order valence-corrected chi connectivity index (χ3v) is 10.2. The standard InChI is InChI=1S/C23H32/c1-5-6-13-9-22(3)11-15(13)20-19(22)16-12-23(20,4)17-14-7-8-21(2,10-14)18(16)17/h5-8,13-20H,9-12H2,1-4H3. The lowest BCUT2D eigenvalue weighted by Gasteiger charge is -2.53. The average molecular weight is 309 g/mol. The third-order valence-electron chi connectivity index (χ3n) is 10.2. The molecule has 0 nitrogen and oxygen atoms in total. The molecule has 5 fully saturated rings. The summed E-state index contributed by atoms with van der Waals surface area (Å²) < 4.78 is 0. The molecule has 124 valence electrons. The first kappa shape index (κ1) is 13.7. The molecular formula is C23H32. The molecule has 0 saturated heterocycles. The van der Waals surface area contributed by atoms with E-state index >= 15 is 0 Å². The van der Waals surface area contributed by atoms with Gasteiger partial charge in [0.1, 0.15) is 0 Å². The second-order valence-corrected chi connectivity index (χ2v) is 11.1. The molecule has 11 atom stereocenters. The van der Waals surface area contributed by atoms with Gasteiger partial charge in [0.15, 0.2) is 0 Å². The summed E-state index contributed by atoms with van der Waals surface area (Å²) in [5, 5.41) is 0. The molecule has 0 aromatic heterocycles. The van der Waals surface area contributed by atoms with Crippen LogP contribution in [0.5, 0.6) is 0 Å². The van der Waals surface area contributed by atoms with E-state index in [2.05, 4.69) is 52.0 Å². The molecule has 0 aliphatic heterocycles. The second-order valence-electron chi connectivity index (χ2n) is 11.1. The molecule has 23 heavy (non-hydrogen) atoms. The van der Waals surface area contributed by atoms with Gasteiger partial charge in [-0.3, -0.25) is 0 Å². The number of allylic oxidation sites excluding steroid dienone is 4. The first-order chi connectivity index (χ1) is 10.9. The van der Waals surface area contributed by atoms with Crippen LogP contribution in [0, 0.1) is 63.6 Å². The fraction of sp³-hybridized carbons (Fsp3) is 0.826. The van der Waals surface area contributed by atoms with Gasteiger partial charge in [-0.1, -0.05) is 45.1 Å². The maximum Gasteiger partial charge on any atom is -0.0107 e. The van der Waals surface area contributed by atoms with Crippen LogP contribution in [-0.2, 0) is 0 Å². The predicted molar refractivity (Wildman–Crippen MR) is 94.7 cm³/mol. The van der Waals surface area contributed by atoms with Crippen molar-refractivity contribution < 1.29 is 0 Å². The van der Waals surface area contributed by atoms with Crippen molar-refractivity contribution >= 4 is 0 Å². The molecule has 0 aromatic rings. The molecule has 5 saturated carbocycles. The zero-order valence-corrected chi connectivity index (χ0v) is 15.3. The van der Waals surface area contributed by atoms with Crippen LogP contribution in [0.1, 0.15) is 53.4 Å². The van der Waals surface area contributed by atoms with E-state index in [4.69, 9.17) is 0 Å². The van der Waals surface area contributed by atoms with Crippen molar-refractivity contribution in [1.29, 1.82) is 0 Å². The van der Waals surface area contributed by atoms with Crippen molar-refractivity contribution in [3.63, 3.8) is 0 Å². The largest absolute Gasteiger partial charge is 0.0914 e. The normalized spacial score (nSPS) is 70.1. The minimum absolute atomic E-state index is 0.559. The monoisotopic (exact) mass is 308 g/mol. The zero-order chi connectivity index (χ0) is 15.8. The number of hydrogen-bond acceptors (Lipinski definition) is 0. The highest BCUT2D eigenvalue weighted by Crippen LogP contribution is 2.84. The summed E-state index contributed by atoms with van der Waals surface area (Å²) in [4.78, 5) is 0. The van der Waals surface area contributed by atoms with Crippen LogP contribution in [-0.4, -0.2) is 0 Å². The van der Waals surface area contributed by atoms with Crippen molar-refractivity contribution in [3.8, 4) is 0 Å². The van der Waals surface area contributed by atoms with E-state index in [1.54, 1.807) is 6.42 Å². The quantitative estimate of drug-likeness (QED) is 0.430. The Kier molecular flexibility index (Phi) is 2.20. The molecule has 0 spiro atoms. The number of fused-ring (bicyclic) bond motifs is 16. The van der Waals surface area contributed by atoms with Crippen LogP contribution in [0.25, 0.3) is 0 Å². The van der Waals surface area contributed by atoms with Gasteiger partial charge in [0, 0.05) is 0 Å². The summed E-state index contributed by atoms with van der Waals surface area (Å²) in [6.07, 6.45) is 16.2.